The summed E-state index contributed by atoms with van der Waals surface area (Å²) in [4.78, 5) is 50.3. The van der Waals surface area contributed by atoms with Gasteiger partial charge in [0.15, 0.2) is 5.78 Å². The van der Waals surface area contributed by atoms with E-state index in [4.69, 9.17) is 10.5 Å². The van der Waals surface area contributed by atoms with Crippen LogP contribution in [0.2, 0.25) is 0 Å². The maximum Gasteiger partial charge on any atom is 0.405 e. The van der Waals surface area contributed by atoms with Gasteiger partial charge in [0.05, 0.1) is 17.9 Å². The highest BCUT2D eigenvalue weighted by Gasteiger charge is 2.32. The van der Waals surface area contributed by atoms with Gasteiger partial charge in [-0.15, -0.1) is 0 Å². The molecule has 2 rings (SSSR count). The van der Waals surface area contributed by atoms with Gasteiger partial charge in [0, 0.05) is 34.6 Å². The number of carbonyl (C=O) groups is 4. The Hall–Kier alpha value is -3.04. The Morgan fingerprint density at radius 2 is 1.71 bits per heavy atom. The summed E-state index contributed by atoms with van der Waals surface area (Å²) in [6.45, 7) is 12.4. The van der Waals surface area contributed by atoms with Gasteiger partial charge >= 0.3 is 6.09 Å². The minimum Gasteiger partial charge on any atom is -0.441 e. The molecule has 2 aliphatic rings. The summed E-state index contributed by atoms with van der Waals surface area (Å²) < 4.78 is 5.35. The highest BCUT2D eigenvalue weighted by atomic mass is 16.6. The Balaban J connectivity index is 2.50. The van der Waals surface area contributed by atoms with Gasteiger partial charge in [0.25, 0.3) is 5.91 Å². The van der Waals surface area contributed by atoms with Gasteiger partial charge < -0.3 is 26.0 Å². The molecule has 0 fully saturated rings. The number of nitrogens with two attached hydrogens (primary N) is 1. The van der Waals surface area contributed by atoms with Crippen LogP contribution < -0.4 is 11.1 Å². The van der Waals surface area contributed by atoms with E-state index >= 15 is 0 Å². The second-order valence-electron chi connectivity index (χ2n) is 11.0. The van der Waals surface area contributed by atoms with E-state index in [1.807, 2.05) is 26.8 Å². The summed E-state index contributed by atoms with van der Waals surface area (Å²) in [5, 5.41) is 24.5. The highest BCUT2D eigenvalue weighted by Crippen LogP contribution is 2.31. The fourth-order valence-electron chi connectivity index (χ4n) is 5.22. The van der Waals surface area contributed by atoms with E-state index in [0.717, 1.165) is 6.08 Å². The first-order valence-electron chi connectivity index (χ1n) is 13.1. The SMILES string of the molecule is CC1=C2C[C@@H](C)C[C@H](C)[C@H](O)[C@@H](C)/C=C(\C)[C@H](OC(N)=O)[C@@H](C)C(O)C/C=C(\C)C(=O)NC(=CC1=O)C2=O. The Labute approximate surface area is 224 Å². The number of allylic oxidation sites excluding steroid dienone is 3. The zero-order chi connectivity index (χ0) is 28.9. The summed E-state index contributed by atoms with van der Waals surface area (Å²) in [6.07, 6.45) is 1.92. The van der Waals surface area contributed by atoms with Crippen molar-refractivity contribution in [1.29, 1.82) is 0 Å². The molecule has 0 spiro atoms. The number of hydrogen-bond acceptors (Lipinski definition) is 7. The normalized spacial score (nSPS) is 35.4. The molecule has 0 aromatic carbocycles. The van der Waals surface area contributed by atoms with E-state index in [2.05, 4.69) is 5.32 Å². The van der Waals surface area contributed by atoms with Gasteiger partial charge in [0.2, 0.25) is 5.78 Å². The summed E-state index contributed by atoms with van der Waals surface area (Å²) in [5.74, 6) is -2.35. The van der Waals surface area contributed by atoms with Gasteiger partial charge in [-0.2, -0.15) is 0 Å². The molecule has 9 nitrogen and oxygen atoms in total. The lowest BCUT2D eigenvalue weighted by atomic mass is 9.81. The molecule has 2 amide bonds. The van der Waals surface area contributed by atoms with Crippen molar-refractivity contribution in [3.63, 3.8) is 0 Å². The largest absolute Gasteiger partial charge is 0.441 e. The molecule has 2 bridgehead atoms. The number of ether oxygens (including phenoxy) is 1. The minimum absolute atomic E-state index is 0.0292. The summed E-state index contributed by atoms with van der Waals surface area (Å²) in [6, 6.07) is 0. The zero-order valence-electron chi connectivity index (χ0n) is 23.4. The van der Waals surface area contributed by atoms with Gasteiger partial charge in [0.1, 0.15) is 6.10 Å². The van der Waals surface area contributed by atoms with Crippen LogP contribution in [0.1, 0.15) is 67.7 Å². The van der Waals surface area contributed by atoms with Crippen molar-refractivity contribution in [3.8, 4) is 0 Å². The predicted octanol–water partition coefficient (Wildman–Crippen LogP) is 3.26. The van der Waals surface area contributed by atoms with Crippen LogP contribution in [0.15, 0.2) is 46.2 Å². The van der Waals surface area contributed by atoms with Crippen LogP contribution in [-0.2, 0) is 19.1 Å². The molecule has 0 aromatic rings. The predicted molar refractivity (Wildman–Crippen MR) is 143 cm³/mol. The van der Waals surface area contributed by atoms with Crippen LogP contribution in [0.5, 0.6) is 0 Å². The lowest BCUT2D eigenvalue weighted by molar-refractivity contribution is -0.120. The molecule has 0 saturated carbocycles. The van der Waals surface area contributed by atoms with Crippen molar-refractivity contribution in [2.45, 2.75) is 86.0 Å². The highest BCUT2D eigenvalue weighted by molar-refractivity contribution is 6.23. The van der Waals surface area contributed by atoms with Crippen LogP contribution >= 0.6 is 0 Å². The third-order valence-electron chi connectivity index (χ3n) is 7.64. The molecule has 1 aliphatic carbocycles. The van der Waals surface area contributed by atoms with Crippen LogP contribution in [-0.4, -0.2) is 52.1 Å². The van der Waals surface area contributed by atoms with Crippen LogP contribution in [0.3, 0.4) is 0 Å². The Morgan fingerprint density at radius 3 is 2.32 bits per heavy atom. The first kappa shape index (κ1) is 31.2. The summed E-state index contributed by atoms with van der Waals surface area (Å²) >= 11 is 0. The van der Waals surface area contributed by atoms with Gasteiger partial charge in [-0.25, -0.2) is 4.79 Å². The minimum atomic E-state index is -0.998. The van der Waals surface area contributed by atoms with Crippen molar-refractivity contribution in [1.82, 2.24) is 5.32 Å². The third kappa shape index (κ3) is 7.74. The van der Waals surface area contributed by atoms with Crippen LogP contribution in [0.25, 0.3) is 0 Å². The van der Waals surface area contributed by atoms with E-state index in [0.29, 0.717) is 29.6 Å². The van der Waals surface area contributed by atoms with Gasteiger partial charge in [-0.05, 0) is 57.4 Å². The maximum absolute atomic E-state index is 13.2. The van der Waals surface area contributed by atoms with Crippen molar-refractivity contribution in [2.24, 2.45) is 29.4 Å². The molecule has 38 heavy (non-hydrogen) atoms. The zero-order valence-corrected chi connectivity index (χ0v) is 23.4. The fraction of sp³-hybridized carbons (Fsp3) is 0.586. The molecule has 1 unspecified atom stereocenters. The fourth-order valence-corrected chi connectivity index (χ4v) is 5.22. The van der Waals surface area contributed by atoms with E-state index in [1.54, 1.807) is 27.7 Å². The summed E-state index contributed by atoms with van der Waals surface area (Å²) in [5.41, 5.74) is 6.84. The number of rotatable bonds is 1. The molecule has 0 saturated heterocycles. The number of Topliss-reactive ketones (excluding diaryl/α,β-unsaturated/α-hetero) is 1. The molecule has 1 heterocycles. The molecular formula is C29H42N2O7. The number of ketones is 2. The number of hydrogen-bond donors (Lipinski definition) is 4. The monoisotopic (exact) mass is 530 g/mol. The van der Waals surface area contributed by atoms with E-state index in [1.165, 1.54) is 6.08 Å². The molecule has 7 atom stereocenters. The van der Waals surface area contributed by atoms with Crippen molar-refractivity contribution < 1.29 is 34.1 Å². The first-order chi connectivity index (χ1) is 17.6. The van der Waals surface area contributed by atoms with Crippen LogP contribution in [0, 0.1) is 23.7 Å². The Kier molecular flexibility index (Phi) is 10.8. The van der Waals surface area contributed by atoms with Crippen molar-refractivity contribution in [2.75, 3.05) is 0 Å². The number of primary amides is 1. The topological polar surface area (TPSA) is 156 Å². The number of fused-ring (bicyclic) bond motifs is 2. The Bertz CT molecular complexity index is 1080. The van der Waals surface area contributed by atoms with Gasteiger partial charge in [-0.3, -0.25) is 14.4 Å². The second-order valence-corrected chi connectivity index (χ2v) is 11.0. The van der Waals surface area contributed by atoms with E-state index in [-0.39, 0.29) is 41.2 Å². The number of aliphatic hydroxyl groups excluding tert-OH is 2. The average Bonchev–Trinajstić information content (AvgIpc) is 2.84. The number of nitrogens with one attached hydrogen (secondary N) is 1. The second kappa shape index (κ2) is 13.2. The van der Waals surface area contributed by atoms with E-state index < -0.39 is 42.0 Å². The molecule has 1 aliphatic heterocycles. The molecule has 0 radical (unpaired) electrons. The number of aliphatic hydroxyl groups is 2. The smallest absolute Gasteiger partial charge is 0.405 e. The van der Waals surface area contributed by atoms with Crippen molar-refractivity contribution in [3.05, 3.63) is 46.2 Å². The maximum atomic E-state index is 13.2. The first-order valence-corrected chi connectivity index (χ1v) is 13.1. The lowest BCUT2D eigenvalue weighted by Gasteiger charge is -2.30. The average molecular weight is 531 g/mol. The van der Waals surface area contributed by atoms with Crippen molar-refractivity contribution >= 4 is 23.6 Å². The van der Waals surface area contributed by atoms with Gasteiger partial charge in [-0.1, -0.05) is 39.8 Å². The standard InChI is InChI=1S/C29H42N2O7/c1-14-10-16(3)25(34)17(4)12-18(5)27(38-29(30)37)20(7)23(32)9-8-15(2)28(36)31-22-13-24(33)19(6)21(11-14)26(22)35/h8,12-14,16-17,20,23,25,27,32,34H,9-11H2,1-7H3,(H2,30,37)(H,31,36)/b15-8+,18-12+/t14-,16-,17-,20-,23?,25-,27-/m0/s1. The molecule has 5 N–H and O–H groups in total. The molecule has 0 aromatic heterocycles. The summed E-state index contributed by atoms with van der Waals surface area (Å²) in [7, 11) is 0. The van der Waals surface area contributed by atoms with E-state index in [9.17, 15) is 29.4 Å². The molecule has 210 valence electrons. The quantitative estimate of drug-likeness (QED) is 0.299. The molecular weight excluding hydrogens is 488 g/mol. The van der Waals surface area contributed by atoms with Crippen LogP contribution in [0.4, 0.5) is 4.79 Å². The lowest BCUT2D eigenvalue weighted by Crippen LogP contribution is -2.36. The Morgan fingerprint density at radius 1 is 1.08 bits per heavy atom. The molecule has 9 heteroatoms. The third-order valence-corrected chi connectivity index (χ3v) is 7.64. The number of carbonyl (C=O) groups excluding carboxylic acids is 4. The number of amides is 2.